The lowest BCUT2D eigenvalue weighted by Crippen LogP contribution is -2.60. The summed E-state index contributed by atoms with van der Waals surface area (Å²) in [5.74, 6) is -1.35. The van der Waals surface area contributed by atoms with Gasteiger partial charge in [-0.3, -0.25) is 24.4 Å². The number of guanidine groups is 1. The fourth-order valence-electron chi connectivity index (χ4n) is 5.58. The van der Waals surface area contributed by atoms with Crippen molar-refractivity contribution in [2.24, 2.45) is 16.1 Å². The predicted molar refractivity (Wildman–Crippen MR) is 159 cm³/mol. The predicted octanol–water partition coefficient (Wildman–Crippen LogP) is 2.22. The number of benzene rings is 1. The summed E-state index contributed by atoms with van der Waals surface area (Å²) >= 11 is 5.82. The molecule has 0 bridgehead atoms. The van der Waals surface area contributed by atoms with Crippen LogP contribution in [0.25, 0.3) is 0 Å². The molecule has 2 aliphatic rings. The summed E-state index contributed by atoms with van der Waals surface area (Å²) in [6, 6.07) is 0.277. The van der Waals surface area contributed by atoms with Crippen LogP contribution in [0.5, 0.6) is 0 Å². The molecule has 4 N–H and O–H groups in total. The number of aryl methyl sites for hydroxylation is 2. The van der Waals surface area contributed by atoms with Gasteiger partial charge in [-0.05, 0) is 82.1 Å². The largest absolute Gasteiger partial charge is 0.369 e. The number of fused-ring (bicyclic) bond motifs is 1. The van der Waals surface area contributed by atoms with E-state index in [9.17, 15) is 22.8 Å². The molecule has 0 radical (unpaired) electrons. The van der Waals surface area contributed by atoms with E-state index in [1.54, 1.807) is 18.9 Å². The highest BCUT2D eigenvalue weighted by atomic mass is 35.5. The summed E-state index contributed by atoms with van der Waals surface area (Å²) in [4.78, 5) is 43.3. The van der Waals surface area contributed by atoms with Crippen molar-refractivity contribution in [2.45, 2.75) is 90.6 Å². The SMILES string of the molecule is CC[C@]1(C)CCN2CC[C@@H](C(=O)N[C@@H](CCCN=C(N)NS(=O)(=O)c3c(C)cc(C)c(C)c3C)C(=O)CCl)N2C1=O. The van der Waals surface area contributed by atoms with Gasteiger partial charge in [-0.2, -0.15) is 0 Å². The number of sulfonamides is 1. The molecule has 2 heterocycles. The van der Waals surface area contributed by atoms with Gasteiger partial charge in [-0.1, -0.05) is 19.9 Å². The zero-order valence-corrected chi connectivity index (χ0v) is 26.4. The maximum absolute atomic E-state index is 13.3. The quantitative estimate of drug-likeness (QED) is 0.150. The Morgan fingerprint density at radius 3 is 2.51 bits per heavy atom. The first-order chi connectivity index (χ1) is 19.2. The molecule has 2 fully saturated rings. The minimum Gasteiger partial charge on any atom is -0.369 e. The number of amides is 2. The van der Waals surface area contributed by atoms with E-state index in [-0.39, 0.29) is 47.3 Å². The molecule has 3 rings (SSSR count). The number of ketones is 1. The number of hydrogen-bond acceptors (Lipinski definition) is 7. The molecule has 11 nitrogen and oxygen atoms in total. The summed E-state index contributed by atoms with van der Waals surface area (Å²) in [7, 11) is -3.95. The lowest BCUT2D eigenvalue weighted by Gasteiger charge is -2.44. The first-order valence-corrected chi connectivity index (χ1v) is 16.1. The van der Waals surface area contributed by atoms with Crippen LogP contribution in [0, 0.1) is 33.1 Å². The minimum atomic E-state index is -3.95. The Labute approximate surface area is 248 Å². The molecule has 1 aromatic carbocycles. The molecule has 41 heavy (non-hydrogen) atoms. The number of carbonyl (C=O) groups is 3. The minimum absolute atomic E-state index is 0.0671. The number of Topliss-reactive ketones (excluding diaryl/α,β-unsaturated/α-hetero) is 1. The zero-order valence-electron chi connectivity index (χ0n) is 24.8. The van der Waals surface area contributed by atoms with E-state index in [1.807, 2.05) is 38.8 Å². The van der Waals surface area contributed by atoms with Gasteiger partial charge in [0.05, 0.1) is 16.8 Å². The highest BCUT2D eigenvalue weighted by Crippen LogP contribution is 2.37. The fraction of sp³-hybridized carbons (Fsp3) is 0.643. The van der Waals surface area contributed by atoms with Crippen molar-refractivity contribution in [3.8, 4) is 0 Å². The molecule has 1 aromatic rings. The van der Waals surface area contributed by atoms with Crippen LogP contribution in [0.2, 0.25) is 0 Å². The van der Waals surface area contributed by atoms with Crippen LogP contribution in [0.4, 0.5) is 0 Å². The Kier molecular flexibility index (Phi) is 10.5. The van der Waals surface area contributed by atoms with Crippen molar-refractivity contribution >= 4 is 45.2 Å². The molecule has 2 aliphatic heterocycles. The van der Waals surface area contributed by atoms with E-state index in [4.69, 9.17) is 17.3 Å². The molecule has 13 heteroatoms. The van der Waals surface area contributed by atoms with E-state index < -0.39 is 27.5 Å². The van der Waals surface area contributed by atoms with Gasteiger partial charge in [0.15, 0.2) is 5.78 Å². The highest BCUT2D eigenvalue weighted by Gasteiger charge is 2.49. The van der Waals surface area contributed by atoms with Crippen molar-refractivity contribution in [1.29, 1.82) is 0 Å². The number of nitrogens with one attached hydrogen (secondary N) is 2. The number of alkyl halides is 1. The number of rotatable bonds is 11. The van der Waals surface area contributed by atoms with Crippen LogP contribution in [0.15, 0.2) is 16.0 Å². The van der Waals surface area contributed by atoms with Gasteiger partial charge < -0.3 is 11.1 Å². The Balaban J connectivity index is 1.62. The third kappa shape index (κ3) is 7.03. The second-order valence-electron chi connectivity index (χ2n) is 11.3. The molecule has 0 saturated carbocycles. The fourth-order valence-corrected chi connectivity index (χ4v) is 7.25. The number of carbonyl (C=O) groups excluding carboxylic acids is 3. The summed E-state index contributed by atoms with van der Waals surface area (Å²) in [6.07, 6.45) is 2.48. The molecular weight excluding hydrogens is 568 g/mol. The molecule has 0 unspecified atom stereocenters. The number of nitrogens with two attached hydrogens (primary N) is 1. The Morgan fingerprint density at radius 2 is 1.88 bits per heavy atom. The molecular formula is C28H43ClN6O5S. The third-order valence-electron chi connectivity index (χ3n) is 8.55. The van der Waals surface area contributed by atoms with Crippen molar-refractivity contribution in [1.82, 2.24) is 20.1 Å². The highest BCUT2D eigenvalue weighted by molar-refractivity contribution is 7.90. The Hall–Kier alpha value is -2.70. The summed E-state index contributed by atoms with van der Waals surface area (Å²) in [5, 5.41) is 6.28. The maximum Gasteiger partial charge on any atom is 0.264 e. The smallest absolute Gasteiger partial charge is 0.264 e. The lowest BCUT2D eigenvalue weighted by molar-refractivity contribution is -0.171. The van der Waals surface area contributed by atoms with Crippen molar-refractivity contribution in [3.05, 3.63) is 28.3 Å². The van der Waals surface area contributed by atoms with Crippen LogP contribution in [-0.2, 0) is 24.4 Å². The second kappa shape index (κ2) is 13.1. The molecule has 2 amide bonds. The number of aliphatic imine (C=N–C) groups is 1. The number of halogens is 1. The van der Waals surface area contributed by atoms with E-state index in [0.717, 1.165) is 17.5 Å². The van der Waals surface area contributed by atoms with Gasteiger partial charge in [0, 0.05) is 25.0 Å². The molecule has 228 valence electrons. The monoisotopic (exact) mass is 610 g/mol. The Bertz CT molecular complexity index is 1330. The summed E-state index contributed by atoms with van der Waals surface area (Å²) in [6.45, 7) is 12.6. The van der Waals surface area contributed by atoms with Gasteiger partial charge >= 0.3 is 0 Å². The first kappa shape index (κ1) is 32.8. The third-order valence-corrected chi connectivity index (χ3v) is 10.5. The maximum atomic E-state index is 13.3. The van der Waals surface area contributed by atoms with Crippen LogP contribution < -0.4 is 15.8 Å². The van der Waals surface area contributed by atoms with Crippen molar-refractivity contribution < 1.29 is 22.8 Å². The summed E-state index contributed by atoms with van der Waals surface area (Å²) < 4.78 is 28.4. The molecule has 0 aliphatic carbocycles. The standard InChI is InChI=1S/C28H43ClN6O5S/c1-7-28(6)11-14-34-13-10-22(35(34)26(28)38)25(37)32-21(23(36)16-29)9-8-12-31-27(30)33-41(39,40)24-18(3)15-17(2)19(4)20(24)5/h15,21-22H,7-14,16H2,1-6H3,(H,32,37)(H3,30,31,33)/t21-,22-,28+/m0/s1. The van der Waals surface area contributed by atoms with E-state index in [2.05, 4.69) is 15.0 Å². The van der Waals surface area contributed by atoms with E-state index in [1.165, 1.54) is 0 Å². The van der Waals surface area contributed by atoms with Gasteiger partial charge in [-0.15, -0.1) is 11.6 Å². The van der Waals surface area contributed by atoms with E-state index in [0.29, 0.717) is 43.5 Å². The lowest BCUT2D eigenvalue weighted by atomic mass is 9.81. The van der Waals surface area contributed by atoms with Gasteiger partial charge in [0.1, 0.15) is 6.04 Å². The number of hydrogen-bond donors (Lipinski definition) is 3. The topological polar surface area (TPSA) is 154 Å². The van der Waals surface area contributed by atoms with Crippen LogP contribution in [0.3, 0.4) is 0 Å². The van der Waals surface area contributed by atoms with Crippen molar-refractivity contribution in [2.75, 3.05) is 25.5 Å². The average Bonchev–Trinajstić information content (AvgIpc) is 3.35. The molecule has 2 saturated heterocycles. The van der Waals surface area contributed by atoms with Crippen molar-refractivity contribution in [3.63, 3.8) is 0 Å². The molecule has 3 atom stereocenters. The van der Waals surface area contributed by atoms with Crippen LogP contribution in [-0.4, -0.2) is 79.6 Å². The zero-order chi connectivity index (χ0) is 30.7. The van der Waals surface area contributed by atoms with Crippen LogP contribution in [0.1, 0.15) is 68.2 Å². The first-order valence-electron chi connectivity index (χ1n) is 14.0. The number of nitrogens with zero attached hydrogens (tertiary/aromatic N) is 3. The average molecular weight is 611 g/mol. The summed E-state index contributed by atoms with van der Waals surface area (Å²) in [5.41, 5.74) is 8.53. The molecule has 0 spiro atoms. The second-order valence-corrected chi connectivity index (χ2v) is 13.2. The van der Waals surface area contributed by atoms with E-state index >= 15 is 0 Å². The number of hydrazine groups is 1. The van der Waals surface area contributed by atoms with Crippen LogP contribution >= 0.6 is 11.6 Å². The normalized spacial score (nSPS) is 22.4. The van der Waals surface area contributed by atoms with Gasteiger partial charge in [0.25, 0.3) is 10.0 Å². The Morgan fingerprint density at radius 1 is 1.20 bits per heavy atom. The molecule has 0 aromatic heterocycles. The van der Waals surface area contributed by atoms with Gasteiger partial charge in [0.2, 0.25) is 17.8 Å². The van der Waals surface area contributed by atoms with Gasteiger partial charge in [-0.25, -0.2) is 18.1 Å².